The number of aromatic nitrogens is 1. The fourth-order valence-electron chi connectivity index (χ4n) is 2.34. The first-order valence-corrected chi connectivity index (χ1v) is 9.65. The minimum absolute atomic E-state index is 0.299. The van der Waals surface area contributed by atoms with Gasteiger partial charge in [0, 0.05) is 21.6 Å². The quantitative estimate of drug-likeness (QED) is 0.489. The number of allylic oxidation sites excluding steroid dienone is 1. The van der Waals surface area contributed by atoms with E-state index in [2.05, 4.69) is 51.4 Å². The molecule has 0 radical (unpaired) electrons. The molecule has 6 heteroatoms. The summed E-state index contributed by atoms with van der Waals surface area (Å²) in [7, 11) is 0. The van der Waals surface area contributed by atoms with Crippen molar-refractivity contribution in [3.63, 3.8) is 0 Å². The maximum absolute atomic E-state index is 13.9. The molecule has 0 bridgehead atoms. The number of benzene rings is 2. The lowest BCUT2D eigenvalue weighted by atomic mass is 10.1. The number of aryl methyl sites for hydroxylation is 1. The molecule has 0 aliphatic heterocycles. The standard InChI is InChI=1S/C20H15BrFN3S/c1-2-13-3-5-14(6-4-13)19-12-26-20(25-19)15(10-23)11-24-18-8-7-16(21)9-17(18)22/h3-9,11-12,24H,2H2,1H3. The smallest absolute Gasteiger partial charge is 0.147 e. The van der Waals surface area contributed by atoms with Gasteiger partial charge in [0.05, 0.1) is 11.4 Å². The molecule has 0 atom stereocenters. The van der Waals surface area contributed by atoms with Crippen molar-refractivity contribution in [3.05, 3.63) is 74.9 Å². The number of halogens is 2. The molecule has 0 aliphatic carbocycles. The van der Waals surface area contributed by atoms with Gasteiger partial charge in [-0.3, -0.25) is 0 Å². The maximum Gasteiger partial charge on any atom is 0.147 e. The summed E-state index contributed by atoms with van der Waals surface area (Å²) in [5.41, 5.74) is 3.75. The first-order valence-electron chi connectivity index (χ1n) is 7.97. The lowest BCUT2D eigenvalue weighted by Gasteiger charge is -2.03. The summed E-state index contributed by atoms with van der Waals surface area (Å²) >= 11 is 4.60. The Labute approximate surface area is 164 Å². The average Bonchev–Trinajstić information content (AvgIpc) is 3.14. The molecule has 1 heterocycles. The lowest BCUT2D eigenvalue weighted by Crippen LogP contribution is -1.94. The first kappa shape index (κ1) is 18.3. The molecule has 3 aromatic rings. The van der Waals surface area contributed by atoms with Crippen molar-refractivity contribution < 1.29 is 4.39 Å². The van der Waals surface area contributed by atoms with Crippen LogP contribution in [-0.4, -0.2) is 4.98 Å². The third-order valence-electron chi connectivity index (χ3n) is 3.82. The summed E-state index contributed by atoms with van der Waals surface area (Å²) in [4.78, 5) is 4.54. The van der Waals surface area contributed by atoms with E-state index in [9.17, 15) is 9.65 Å². The number of rotatable bonds is 5. The van der Waals surface area contributed by atoms with Crippen molar-refractivity contribution in [3.8, 4) is 17.3 Å². The summed E-state index contributed by atoms with van der Waals surface area (Å²) < 4.78 is 14.5. The zero-order valence-corrected chi connectivity index (χ0v) is 16.4. The van der Waals surface area contributed by atoms with Crippen molar-refractivity contribution in [1.29, 1.82) is 5.26 Å². The van der Waals surface area contributed by atoms with E-state index in [4.69, 9.17) is 0 Å². The van der Waals surface area contributed by atoms with Crippen LogP contribution in [0, 0.1) is 17.1 Å². The van der Waals surface area contributed by atoms with Gasteiger partial charge in [0.1, 0.15) is 22.5 Å². The molecule has 2 aromatic carbocycles. The van der Waals surface area contributed by atoms with Gasteiger partial charge in [-0.25, -0.2) is 9.37 Å². The predicted molar refractivity (Wildman–Crippen MR) is 108 cm³/mol. The Morgan fingerprint density at radius 1 is 1.31 bits per heavy atom. The van der Waals surface area contributed by atoms with Crippen LogP contribution < -0.4 is 5.32 Å². The molecule has 0 spiro atoms. The molecular formula is C20H15BrFN3S. The largest absolute Gasteiger partial charge is 0.358 e. The van der Waals surface area contributed by atoms with Crippen molar-refractivity contribution in [2.45, 2.75) is 13.3 Å². The second kappa shape index (κ2) is 8.26. The Morgan fingerprint density at radius 3 is 2.73 bits per heavy atom. The number of nitrogens with zero attached hydrogens (tertiary/aromatic N) is 2. The number of thiazole rings is 1. The third kappa shape index (κ3) is 4.18. The monoisotopic (exact) mass is 427 g/mol. The molecule has 0 saturated carbocycles. The third-order valence-corrected chi connectivity index (χ3v) is 5.18. The Bertz CT molecular complexity index is 987. The van der Waals surface area contributed by atoms with Gasteiger partial charge in [-0.2, -0.15) is 5.26 Å². The van der Waals surface area contributed by atoms with E-state index < -0.39 is 5.82 Å². The topological polar surface area (TPSA) is 48.7 Å². The number of hydrogen-bond acceptors (Lipinski definition) is 4. The van der Waals surface area contributed by atoms with E-state index in [1.165, 1.54) is 29.2 Å². The first-order chi connectivity index (χ1) is 12.6. The summed E-state index contributed by atoms with van der Waals surface area (Å²) in [6.45, 7) is 2.11. The van der Waals surface area contributed by atoms with Crippen LogP contribution in [0.25, 0.3) is 16.8 Å². The van der Waals surface area contributed by atoms with Crippen LogP contribution in [0.15, 0.2) is 58.5 Å². The highest BCUT2D eigenvalue weighted by Crippen LogP contribution is 2.27. The minimum atomic E-state index is -0.399. The molecule has 0 aliphatic rings. The number of nitriles is 1. The number of hydrogen-bond donors (Lipinski definition) is 1. The number of nitrogens with one attached hydrogen (secondary N) is 1. The number of anilines is 1. The zero-order chi connectivity index (χ0) is 18.5. The highest BCUT2D eigenvalue weighted by atomic mass is 79.9. The van der Waals surface area contributed by atoms with Crippen molar-refractivity contribution >= 4 is 38.5 Å². The molecule has 26 heavy (non-hydrogen) atoms. The molecule has 3 nitrogen and oxygen atoms in total. The molecule has 1 N–H and O–H groups in total. The van der Waals surface area contributed by atoms with E-state index in [-0.39, 0.29) is 0 Å². The van der Waals surface area contributed by atoms with E-state index in [1.807, 2.05) is 17.5 Å². The molecule has 0 fully saturated rings. The van der Waals surface area contributed by atoms with Crippen molar-refractivity contribution in [2.24, 2.45) is 0 Å². The van der Waals surface area contributed by atoms with E-state index in [1.54, 1.807) is 12.1 Å². The van der Waals surface area contributed by atoms with Gasteiger partial charge in [-0.15, -0.1) is 11.3 Å². The summed E-state index contributed by atoms with van der Waals surface area (Å²) in [5.74, 6) is -0.399. The van der Waals surface area contributed by atoms with Gasteiger partial charge in [0.15, 0.2) is 0 Å². The van der Waals surface area contributed by atoms with Gasteiger partial charge in [-0.05, 0) is 30.2 Å². The summed E-state index contributed by atoms with van der Waals surface area (Å²) in [6, 6.07) is 15.0. The van der Waals surface area contributed by atoms with Crippen molar-refractivity contribution in [2.75, 3.05) is 5.32 Å². The predicted octanol–water partition coefficient (Wildman–Crippen LogP) is 6.25. The molecule has 0 unspecified atom stereocenters. The Hall–Kier alpha value is -2.49. The van der Waals surface area contributed by atoms with E-state index in [0.29, 0.717) is 20.7 Å². The van der Waals surface area contributed by atoms with Crippen LogP contribution in [0.4, 0.5) is 10.1 Å². The minimum Gasteiger partial charge on any atom is -0.358 e. The Kier molecular flexibility index (Phi) is 5.82. The van der Waals surface area contributed by atoms with Crippen LogP contribution in [0.5, 0.6) is 0 Å². The fourth-order valence-corrected chi connectivity index (χ4v) is 3.47. The molecular weight excluding hydrogens is 413 g/mol. The zero-order valence-electron chi connectivity index (χ0n) is 14.0. The van der Waals surface area contributed by atoms with Crippen LogP contribution >= 0.6 is 27.3 Å². The van der Waals surface area contributed by atoms with Gasteiger partial charge >= 0.3 is 0 Å². The Balaban J connectivity index is 1.82. The van der Waals surface area contributed by atoms with Crippen LogP contribution in [0.3, 0.4) is 0 Å². The molecule has 130 valence electrons. The van der Waals surface area contributed by atoms with E-state index >= 15 is 0 Å². The summed E-state index contributed by atoms with van der Waals surface area (Å²) in [5, 5.41) is 14.8. The second-order valence-corrected chi connectivity index (χ2v) is 7.30. The van der Waals surface area contributed by atoms with Gasteiger partial charge < -0.3 is 5.32 Å². The summed E-state index contributed by atoms with van der Waals surface area (Å²) in [6.07, 6.45) is 2.47. The highest BCUT2D eigenvalue weighted by Gasteiger charge is 2.10. The SMILES string of the molecule is CCc1ccc(-c2csc(C(C#N)=CNc3ccc(Br)cc3F)n2)cc1. The van der Waals surface area contributed by atoms with Gasteiger partial charge in [0.2, 0.25) is 0 Å². The van der Waals surface area contributed by atoms with Crippen LogP contribution in [0.2, 0.25) is 0 Å². The van der Waals surface area contributed by atoms with Crippen LogP contribution in [-0.2, 0) is 6.42 Å². The maximum atomic E-state index is 13.9. The molecule has 0 amide bonds. The second-order valence-electron chi connectivity index (χ2n) is 5.53. The van der Waals surface area contributed by atoms with Crippen LogP contribution in [0.1, 0.15) is 17.5 Å². The molecule has 0 saturated heterocycles. The highest BCUT2D eigenvalue weighted by molar-refractivity contribution is 9.10. The molecule has 3 rings (SSSR count). The molecule has 1 aromatic heterocycles. The van der Waals surface area contributed by atoms with Crippen molar-refractivity contribution in [1.82, 2.24) is 4.98 Å². The lowest BCUT2D eigenvalue weighted by molar-refractivity contribution is 0.631. The van der Waals surface area contributed by atoms with Gasteiger partial charge in [0.25, 0.3) is 0 Å². The van der Waals surface area contributed by atoms with Gasteiger partial charge in [-0.1, -0.05) is 47.1 Å². The van der Waals surface area contributed by atoms with E-state index in [0.717, 1.165) is 17.7 Å². The normalized spacial score (nSPS) is 11.2. The fraction of sp³-hybridized carbons (Fsp3) is 0.100. The average molecular weight is 428 g/mol. The Morgan fingerprint density at radius 2 is 2.08 bits per heavy atom.